The molecule has 1 fully saturated rings. The van der Waals surface area contributed by atoms with E-state index in [2.05, 4.69) is 10.3 Å². The molecule has 2 rings (SSSR count). The van der Waals surface area contributed by atoms with Crippen LogP contribution in [0.5, 0.6) is 0 Å². The molecule has 6 nitrogen and oxygen atoms in total. The minimum Gasteiger partial charge on any atom is -0.341 e. The van der Waals surface area contributed by atoms with E-state index in [0.717, 1.165) is 13.0 Å². The summed E-state index contributed by atoms with van der Waals surface area (Å²) < 4.78 is 0. The zero-order valence-electron chi connectivity index (χ0n) is 12.7. The highest BCUT2D eigenvalue weighted by Crippen LogP contribution is 2.21. The van der Waals surface area contributed by atoms with Crippen LogP contribution in [0.25, 0.3) is 0 Å². The van der Waals surface area contributed by atoms with Gasteiger partial charge in [-0.2, -0.15) is 0 Å². The molecule has 1 aromatic rings. The van der Waals surface area contributed by atoms with Gasteiger partial charge in [0, 0.05) is 29.9 Å². The average Bonchev–Trinajstić information content (AvgIpc) is 2.97. The lowest BCUT2D eigenvalue weighted by molar-refractivity contribution is -0.129. The predicted octanol–water partition coefficient (Wildman–Crippen LogP) is 1.23. The second-order valence-electron chi connectivity index (χ2n) is 6.41. The van der Waals surface area contributed by atoms with Crippen molar-refractivity contribution >= 4 is 28.3 Å². The van der Waals surface area contributed by atoms with Crippen molar-refractivity contribution in [2.45, 2.75) is 39.7 Å². The molecule has 1 aliphatic rings. The summed E-state index contributed by atoms with van der Waals surface area (Å²) in [6, 6.07) is 0.0889. The van der Waals surface area contributed by atoms with Gasteiger partial charge < -0.3 is 16.0 Å². The van der Waals surface area contributed by atoms with Crippen molar-refractivity contribution in [3.8, 4) is 0 Å². The van der Waals surface area contributed by atoms with Crippen molar-refractivity contribution in [2.24, 2.45) is 11.1 Å². The molecular formula is C14H22N4O2S. The molecule has 2 amide bonds. The zero-order valence-corrected chi connectivity index (χ0v) is 13.5. The van der Waals surface area contributed by atoms with Gasteiger partial charge in [-0.05, 0) is 6.42 Å². The highest BCUT2D eigenvalue weighted by molar-refractivity contribution is 7.13. The Morgan fingerprint density at radius 3 is 2.81 bits per heavy atom. The van der Waals surface area contributed by atoms with E-state index < -0.39 is 5.41 Å². The van der Waals surface area contributed by atoms with Crippen LogP contribution in [0.2, 0.25) is 0 Å². The van der Waals surface area contributed by atoms with E-state index in [1.165, 1.54) is 11.3 Å². The molecule has 7 heteroatoms. The summed E-state index contributed by atoms with van der Waals surface area (Å²) in [5.74, 6) is -0.0396. The van der Waals surface area contributed by atoms with Gasteiger partial charge in [-0.25, -0.2) is 4.98 Å². The van der Waals surface area contributed by atoms with Crippen molar-refractivity contribution in [3.63, 3.8) is 0 Å². The number of carbonyl (C=O) groups is 2. The minimum absolute atomic E-state index is 0.0435. The summed E-state index contributed by atoms with van der Waals surface area (Å²) in [4.78, 5) is 30.1. The first-order valence-corrected chi connectivity index (χ1v) is 7.93. The van der Waals surface area contributed by atoms with E-state index in [-0.39, 0.29) is 24.3 Å². The summed E-state index contributed by atoms with van der Waals surface area (Å²) >= 11 is 1.34. The molecule has 0 unspecified atom stereocenters. The number of anilines is 1. The maximum atomic E-state index is 12.1. The molecule has 0 aromatic carbocycles. The molecule has 0 spiro atoms. The topological polar surface area (TPSA) is 88.3 Å². The van der Waals surface area contributed by atoms with Gasteiger partial charge in [-0.1, -0.05) is 20.8 Å². The molecule has 1 atom stereocenters. The van der Waals surface area contributed by atoms with Crippen molar-refractivity contribution in [3.05, 3.63) is 11.1 Å². The summed E-state index contributed by atoms with van der Waals surface area (Å²) in [5.41, 5.74) is 6.03. The first-order chi connectivity index (χ1) is 9.75. The monoisotopic (exact) mass is 310 g/mol. The lowest BCUT2D eigenvalue weighted by Crippen LogP contribution is -2.33. The number of hydrogen-bond acceptors (Lipinski definition) is 5. The minimum atomic E-state index is -0.465. The number of aromatic nitrogens is 1. The second-order valence-corrected chi connectivity index (χ2v) is 7.27. The Kier molecular flexibility index (Phi) is 4.63. The number of rotatable bonds is 3. The number of hydrogen-bond donors (Lipinski definition) is 2. The second kappa shape index (κ2) is 6.11. The van der Waals surface area contributed by atoms with Crippen LogP contribution in [-0.4, -0.2) is 40.8 Å². The Labute approximate surface area is 128 Å². The first-order valence-electron chi connectivity index (χ1n) is 7.05. The first kappa shape index (κ1) is 15.9. The standard InChI is InChI=1S/C14H22N4O2S/c1-14(2,3)12(20)17-13-16-10(8-21-13)6-11(19)18-5-4-9(15)7-18/h8-9H,4-7,15H2,1-3H3,(H,16,17,20)/t9-/m1/s1. The fraction of sp³-hybridized carbons (Fsp3) is 0.643. The van der Waals surface area contributed by atoms with Gasteiger partial charge in [-0.15, -0.1) is 11.3 Å². The quantitative estimate of drug-likeness (QED) is 0.879. The van der Waals surface area contributed by atoms with Crippen molar-refractivity contribution in [1.29, 1.82) is 0 Å². The maximum Gasteiger partial charge on any atom is 0.231 e. The number of likely N-dealkylation sites (tertiary alicyclic amines) is 1. The summed E-state index contributed by atoms with van der Waals surface area (Å²) in [5, 5.41) is 5.13. The van der Waals surface area contributed by atoms with Crippen LogP contribution in [0.3, 0.4) is 0 Å². The number of thiazole rings is 1. The number of nitrogens with zero attached hydrogens (tertiary/aromatic N) is 2. The highest BCUT2D eigenvalue weighted by Gasteiger charge is 2.25. The van der Waals surface area contributed by atoms with Crippen LogP contribution >= 0.6 is 11.3 Å². The molecule has 2 heterocycles. The fourth-order valence-electron chi connectivity index (χ4n) is 2.01. The SMILES string of the molecule is CC(C)(C)C(=O)Nc1nc(CC(=O)N2CC[C@@H](N)C2)cs1. The average molecular weight is 310 g/mol. The van der Waals surface area contributed by atoms with Gasteiger partial charge in [0.2, 0.25) is 11.8 Å². The van der Waals surface area contributed by atoms with Crippen LogP contribution in [-0.2, 0) is 16.0 Å². The molecule has 0 aliphatic carbocycles. The van der Waals surface area contributed by atoms with Crippen LogP contribution < -0.4 is 11.1 Å². The number of carbonyl (C=O) groups excluding carboxylic acids is 2. The van der Waals surface area contributed by atoms with Crippen LogP contribution in [0, 0.1) is 5.41 Å². The van der Waals surface area contributed by atoms with Crippen LogP contribution in [0.15, 0.2) is 5.38 Å². The third-order valence-electron chi connectivity index (χ3n) is 3.36. The normalized spacial score (nSPS) is 18.9. The van der Waals surface area contributed by atoms with E-state index in [9.17, 15) is 9.59 Å². The largest absolute Gasteiger partial charge is 0.341 e. The molecule has 0 saturated carbocycles. The van der Waals surface area contributed by atoms with Gasteiger partial charge >= 0.3 is 0 Å². The van der Waals surface area contributed by atoms with Crippen LogP contribution in [0.1, 0.15) is 32.9 Å². The highest BCUT2D eigenvalue weighted by atomic mass is 32.1. The Bertz CT molecular complexity index is 535. The third-order valence-corrected chi connectivity index (χ3v) is 4.17. The molecule has 1 saturated heterocycles. The molecule has 0 radical (unpaired) electrons. The lowest BCUT2D eigenvalue weighted by atomic mass is 9.96. The number of nitrogens with one attached hydrogen (secondary N) is 1. The van der Waals surface area contributed by atoms with Crippen molar-refractivity contribution < 1.29 is 9.59 Å². The Hall–Kier alpha value is -1.47. The van der Waals surface area contributed by atoms with E-state index in [0.29, 0.717) is 17.4 Å². The van der Waals surface area contributed by atoms with Gasteiger partial charge in [0.25, 0.3) is 0 Å². The molecule has 0 bridgehead atoms. The Morgan fingerprint density at radius 2 is 2.24 bits per heavy atom. The number of amides is 2. The molecule has 116 valence electrons. The molecular weight excluding hydrogens is 288 g/mol. The smallest absolute Gasteiger partial charge is 0.231 e. The van der Waals surface area contributed by atoms with Crippen molar-refractivity contribution in [2.75, 3.05) is 18.4 Å². The van der Waals surface area contributed by atoms with Gasteiger partial charge in [0.15, 0.2) is 5.13 Å². The van der Waals surface area contributed by atoms with E-state index in [1.807, 2.05) is 26.2 Å². The Morgan fingerprint density at radius 1 is 1.52 bits per heavy atom. The third kappa shape index (κ3) is 4.25. The summed E-state index contributed by atoms with van der Waals surface area (Å²) in [6.07, 6.45) is 1.12. The van der Waals surface area contributed by atoms with E-state index in [1.54, 1.807) is 4.90 Å². The van der Waals surface area contributed by atoms with E-state index >= 15 is 0 Å². The maximum absolute atomic E-state index is 12.1. The van der Waals surface area contributed by atoms with Gasteiger partial charge in [0.05, 0.1) is 12.1 Å². The fourth-order valence-corrected chi connectivity index (χ4v) is 2.72. The molecule has 21 heavy (non-hydrogen) atoms. The molecule has 1 aromatic heterocycles. The van der Waals surface area contributed by atoms with Crippen LogP contribution in [0.4, 0.5) is 5.13 Å². The van der Waals surface area contributed by atoms with Gasteiger partial charge in [-0.3, -0.25) is 9.59 Å². The summed E-state index contributed by atoms with van der Waals surface area (Å²) in [7, 11) is 0. The number of nitrogens with two attached hydrogens (primary N) is 1. The van der Waals surface area contributed by atoms with Crippen molar-refractivity contribution in [1.82, 2.24) is 9.88 Å². The summed E-state index contributed by atoms with van der Waals surface area (Å²) in [6.45, 7) is 6.87. The van der Waals surface area contributed by atoms with Gasteiger partial charge in [0.1, 0.15) is 0 Å². The lowest BCUT2D eigenvalue weighted by Gasteiger charge is -2.16. The zero-order chi connectivity index (χ0) is 15.6. The molecule has 3 N–H and O–H groups in total. The Balaban J connectivity index is 1.91. The van der Waals surface area contributed by atoms with E-state index in [4.69, 9.17) is 5.73 Å². The predicted molar refractivity (Wildman–Crippen MR) is 83.1 cm³/mol. The molecule has 1 aliphatic heterocycles.